The highest BCUT2D eigenvalue weighted by Gasteiger charge is 2.22. The van der Waals surface area contributed by atoms with Gasteiger partial charge in [-0.15, -0.1) is 11.3 Å². The minimum absolute atomic E-state index is 0.329. The lowest BCUT2D eigenvalue weighted by Gasteiger charge is -2.13. The van der Waals surface area contributed by atoms with Crippen molar-refractivity contribution in [2.75, 3.05) is 6.61 Å². The quantitative estimate of drug-likeness (QED) is 0.582. The Morgan fingerprint density at radius 2 is 2.19 bits per heavy atom. The Morgan fingerprint density at radius 3 is 2.89 bits per heavy atom. The fraction of sp³-hybridized carbons (Fsp3) is 0.381. The van der Waals surface area contributed by atoms with E-state index in [1.54, 1.807) is 6.92 Å². The molecule has 2 aromatic heterocycles. The van der Waals surface area contributed by atoms with Crippen molar-refractivity contribution in [3.8, 4) is 16.6 Å². The Hall–Kier alpha value is -2.65. The molecule has 1 fully saturated rings. The van der Waals surface area contributed by atoms with E-state index < -0.39 is 0 Å². The van der Waals surface area contributed by atoms with E-state index in [0.29, 0.717) is 28.8 Å². The Bertz CT molecular complexity index is 1050. The number of rotatable bonds is 4. The lowest BCUT2D eigenvalue weighted by Crippen LogP contribution is -2.03. The highest BCUT2D eigenvalue weighted by Crippen LogP contribution is 2.36. The average Bonchev–Trinajstić information content (AvgIpc) is 3.39. The molecule has 1 aromatic carbocycles. The minimum atomic E-state index is -0.329. The van der Waals surface area contributed by atoms with Crippen LogP contribution in [0.1, 0.15) is 59.6 Å². The third-order valence-corrected chi connectivity index (χ3v) is 6.36. The number of carbonyl (C=O) groups is 1. The van der Waals surface area contributed by atoms with Crippen molar-refractivity contribution in [1.29, 1.82) is 5.26 Å². The standard InChI is InChI=1S/C21H21N3O2S/c1-3-26-21(25)19-13(2)23-20(27-19)14-8-9-18-17(10-14)15(11-22)12-24(18)16-6-4-5-7-16/h8-10,12,16H,3-7H2,1-2H3. The van der Waals surface area contributed by atoms with E-state index in [1.165, 1.54) is 37.0 Å². The summed E-state index contributed by atoms with van der Waals surface area (Å²) in [6.45, 7) is 3.96. The van der Waals surface area contributed by atoms with Gasteiger partial charge in [-0.25, -0.2) is 9.78 Å². The zero-order valence-electron chi connectivity index (χ0n) is 15.5. The first-order valence-corrected chi connectivity index (χ1v) is 10.1. The summed E-state index contributed by atoms with van der Waals surface area (Å²) in [6, 6.07) is 8.94. The summed E-state index contributed by atoms with van der Waals surface area (Å²) in [5, 5.41) is 11.3. The summed E-state index contributed by atoms with van der Waals surface area (Å²) >= 11 is 1.34. The smallest absolute Gasteiger partial charge is 0.350 e. The molecule has 6 heteroatoms. The van der Waals surface area contributed by atoms with Crippen molar-refractivity contribution >= 4 is 28.2 Å². The molecule has 0 saturated heterocycles. The number of ether oxygens (including phenoxy) is 1. The van der Waals surface area contributed by atoms with E-state index in [4.69, 9.17) is 4.74 Å². The fourth-order valence-electron chi connectivity index (χ4n) is 3.87. The minimum Gasteiger partial charge on any atom is -0.462 e. The predicted octanol–water partition coefficient (Wildman–Crippen LogP) is 5.24. The second-order valence-corrected chi connectivity index (χ2v) is 7.89. The van der Waals surface area contributed by atoms with Crippen molar-refractivity contribution in [1.82, 2.24) is 9.55 Å². The fourth-order valence-corrected chi connectivity index (χ4v) is 4.82. The number of benzene rings is 1. The SMILES string of the molecule is CCOC(=O)c1sc(-c2ccc3c(c2)c(C#N)cn3C2CCCC2)nc1C. The molecule has 0 aliphatic heterocycles. The summed E-state index contributed by atoms with van der Waals surface area (Å²) in [4.78, 5) is 17.2. The molecule has 2 heterocycles. The van der Waals surface area contributed by atoms with Crippen LogP contribution in [0.4, 0.5) is 0 Å². The number of nitriles is 1. The molecular formula is C21H21N3O2S. The van der Waals surface area contributed by atoms with Crippen LogP contribution in [-0.2, 0) is 4.74 Å². The molecule has 3 aromatic rings. The van der Waals surface area contributed by atoms with Crippen LogP contribution in [-0.4, -0.2) is 22.1 Å². The molecule has 0 spiro atoms. The number of hydrogen-bond acceptors (Lipinski definition) is 5. The maximum atomic E-state index is 12.1. The van der Waals surface area contributed by atoms with E-state index in [0.717, 1.165) is 21.5 Å². The second-order valence-electron chi connectivity index (χ2n) is 6.89. The van der Waals surface area contributed by atoms with E-state index >= 15 is 0 Å². The highest BCUT2D eigenvalue weighted by atomic mass is 32.1. The monoisotopic (exact) mass is 379 g/mol. The van der Waals surface area contributed by atoms with Gasteiger partial charge in [0.15, 0.2) is 0 Å². The lowest BCUT2D eigenvalue weighted by molar-refractivity contribution is 0.0531. The van der Waals surface area contributed by atoms with Gasteiger partial charge in [0, 0.05) is 28.7 Å². The first kappa shape index (κ1) is 17.7. The van der Waals surface area contributed by atoms with Gasteiger partial charge in [0.1, 0.15) is 16.0 Å². The van der Waals surface area contributed by atoms with Gasteiger partial charge >= 0.3 is 5.97 Å². The summed E-state index contributed by atoms with van der Waals surface area (Å²) < 4.78 is 7.38. The zero-order chi connectivity index (χ0) is 19.0. The van der Waals surface area contributed by atoms with Crippen LogP contribution >= 0.6 is 11.3 Å². The molecular weight excluding hydrogens is 358 g/mol. The molecule has 0 N–H and O–H groups in total. The number of hydrogen-bond donors (Lipinski definition) is 0. The molecule has 0 bridgehead atoms. The van der Waals surface area contributed by atoms with E-state index in [2.05, 4.69) is 21.7 Å². The van der Waals surface area contributed by atoms with Crippen molar-refractivity contribution in [2.45, 2.75) is 45.6 Å². The van der Waals surface area contributed by atoms with Gasteiger partial charge in [0.2, 0.25) is 0 Å². The Morgan fingerprint density at radius 1 is 1.41 bits per heavy atom. The Labute approximate surface area is 162 Å². The largest absolute Gasteiger partial charge is 0.462 e. The van der Waals surface area contributed by atoms with Gasteiger partial charge < -0.3 is 9.30 Å². The van der Waals surface area contributed by atoms with Gasteiger partial charge in [-0.3, -0.25) is 0 Å². The zero-order valence-corrected chi connectivity index (χ0v) is 16.3. The van der Waals surface area contributed by atoms with Gasteiger partial charge in [0.05, 0.1) is 17.9 Å². The van der Waals surface area contributed by atoms with Crippen molar-refractivity contribution in [2.24, 2.45) is 0 Å². The second kappa shape index (κ2) is 7.16. The summed E-state index contributed by atoms with van der Waals surface area (Å²) in [6.07, 6.45) is 6.83. The third kappa shape index (κ3) is 3.13. The molecule has 0 radical (unpaired) electrons. The molecule has 0 unspecified atom stereocenters. The summed E-state index contributed by atoms with van der Waals surface area (Å²) in [7, 11) is 0. The number of thiazole rings is 1. The lowest BCUT2D eigenvalue weighted by atomic mass is 10.1. The molecule has 27 heavy (non-hydrogen) atoms. The first-order valence-electron chi connectivity index (χ1n) is 9.32. The predicted molar refractivity (Wildman–Crippen MR) is 106 cm³/mol. The van der Waals surface area contributed by atoms with Crippen molar-refractivity contribution in [3.05, 3.63) is 40.5 Å². The van der Waals surface area contributed by atoms with Crippen LogP contribution in [0.15, 0.2) is 24.4 Å². The molecule has 138 valence electrons. The van der Waals surface area contributed by atoms with E-state index in [1.807, 2.05) is 25.3 Å². The number of esters is 1. The maximum Gasteiger partial charge on any atom is 0.350 e. The summed E-state index contributed by atoms with van der Waals surface area (Å²) in [5.41, 5.74) is 3.39. The van der Waals surface area contributed by atoms with Crippen LogP contribution in [0.3, 0.4) is 0 Å². The van der Waals surface area contributed by atoms with Crippen LogP contribution in [0.25, 0.3) is 21.5 Å². The number of fused-ring (bicyclic) bond motifs is 1. The van der Waals surface area contributed by atoms with Gasteiger partial charge in [-0.1, -0.05) is 12.8 Å². The van der Waals surface area contributed by atoms with Gasteiger partial charge in [-0.05, 0) is 44.9 Å². The molecule has 0 atom stereocenters. The molecule has 1 saturated carbocycles. The molecule has 1 aliphatic rings. The van der Waals surface area contributed by atoms with Crippen LogP contribution in [0, 0.1) is 18.3 Å². The van der Waals surface area contributed by atoms with Crippen molar-refractivity contribution < 1.29 is 9.53 Å². The number of aromatic nitrogens is 2. The number of nitrogens with zero attached hydrogens (tertiary/aromatic N) is 3. The van der Waals surface area contributed by atoms with Crippen molar-refractivity contribution in [3.63, 3.8) is 0 Å². The highest BCUT2D eigenvalue weighted by molar-refractivity contribution is 7.17. The topological polar surface area (TPSA) is 67.9 Å². The van der Waals surface area contributed by atoms with Crippen LogP contribution in [0.2, 0.25) is 0 Å². The van der Waals surface area contributed by atoms with Gasteiger partial charge in [-0.2, -0.15) is 5.26 Å². The molecule has 1 aliphatic carbocycles. The molecule has 0 amide bonds. The maximum absolute atomic E-state index is 12.1. The first-order chi connectivity index (χ1) is 13.1. The number of aryl methyl sites for hydroxylation is 1. The van der Waals surface area contributed by atoms with E-state index in [-0.39, 0.29) is 5.97 Å². The summed E-state index contributed by atoms with van der Waals surface area (Å²) in [5.74, 6) is -0.329. The van der Waals surface area contributed by atoms with E-state index in [9.17, 15) is 10.1 Å². The number of carbonyl (C=O) groups excluding carboxylic acids is 1. The van der Waals surface area contributed by atoms with Gasteiger partial charge in [0.25, 0.3) is 0 Å². The Kier molecular flexibility index (Phi) is 4.71. The normalized spacial score (nSPS) is 14.6. The molecule has 5 nitrogen and oxygen atoms in total. The Balaban J connectivity index is 1.77. The molecule has 4 rings (SSSR count). The third-order valence-electron chi connectivity index (χ3n) is 5.18. The van der Waals surface area contributed by atoms with Crippen LogP contribution < -0.4 is 0 Å². The average molecular weight is 379 g/mol. The van der Waals surface area contributed by atoms with Crippen LogP contribution in [0.5, 0.6) is 0 Å².